The van der Waals surface area contributed by atoms with Gasteiger partial charge in [0.15, 0.2) is 0 Å². The third-order valence-corrected chi connectivity index (χ3v) is 10.8. The number of fused-ring (bicyclic) bond motifs is 3. The quantitative estimate of drug-likeness (QED) is 0.281. The van der Waals surface area contributed by atoms with E-state index in [0.29, 0.717) is 3.63 Å². The van der Waals surface area contributed by atoms with Crippen molar-refractivity contribution in [3.05, 3.63) is 149 Å². The number of rotatable bonds is 4. The molecule has 4 aromatic rings. The van der Waals surface area contributed by atoms with Gasteiger partial charge in [-0.2, -0.15) is 0 Å². The van der Waals surface area contributed by atoms with Gasteiger partial charge < -0.3 is 0 Å². The second-order valence-electron chi connectivity index (χ2n) is 8.36. The fourth-order valence-corrected chi connectivity index (χ4v) is 9.49. The standard InChI is InChI=1S/C18H13.C13H10.Zr/c1-2-7-13(6-1)15-10-5-11-17-16-9-4-3-8-14(16)12-18(15)17;1-3-7-12(8-4-1)11-13-9-5-2-6-10-13;/h1-6,8-12H,7H2;1-10H;. The Bertz CT molecular complexity index is 1330. The van der Waals surface area contributed by atoms with Crippen LogP contribution in [0.5, 0.6) is 0 Å². The van der Waals surface area contributed by atoms with Gasteiger partial charge in [0.2, 0.25) is 0 Å². The molecular weight excluding hydrogens is 464 g/mol. The molecule has 0 N–H and O–H groups in total. The van der Waals surface area contributed by atoms with E-state index in [4.69, 9.17) is 0 Å². The van der Waals surface area contributed by atoms with Crippen LogP contribution in [0.2, 0.25) is 0 Å². The molecule has 0 bridgehead atoms. The summed E-state index contributed by atoms with van der Waals surface area (Å²) in [5, 5.41) is 0. The minimum absolute atomic E-state index is 0.512. The first kappa shape index (κ1) is 19.8. The molecule has 4 aromatic carbocycles. The Hall–Kier alpha value is -2.89. The van der Waals surface area contributed by atoms with Crippen molar-refractivity contribution in [3.8, 4) is 11.1 Å². The van der Waals surface area contributed by atoms with E-state index in [1.165, 1.54) is 39.0 Å². The molecule has 0 radical (unpaired) electrons. The van der Waals surface area contributed by atoms with Gasteiger partial charge in [0.05, 0.1) is 0 Å². The Balaban J connectivity index is 1.61. The normalized spacial score (nSPS) is 15.6. The van der Waals surface area contributed by atoms with Crippen molar-refractivity contribution in [3.63, 3.8) is 0 Å². The van der Waals surface area contributed by atoms with Gasteiger partial charge in [0.25, 0.3) is 0 Å². The van der Waals surface area contributed by atoms with E-state index in [1.807, 2.05) is 0 Å². The molecule has 1 heteroatoms. The molecule has 6 rings (SSSR count). The summed E-state index contributed by atoms with van der Waals surface area (Å²) >= 11 is -1.07. The molecular formula is C31H23Zr. The van der Waals surface area contributed by atoms with Gasteiger partial charge in [-0.05, 0) is 0 Å². The minimum atomic E-state index is -1.07. The molecule has 0 saturated carbocycles. The summed E-state index contributed by atoms with van der Waals surface area (Å²) in [5.74, 6) is 0. The average molecular weight is 487 g/mol. The number of allylic oxidation sites excluding steroid dienone is 4. The fraction of sp³-hybridized carbons (Fsp3) is 0.0645. The van der Waals surface area contributed by atoms with Crippen LogP contribution in [-0.4, -0.2) is 3.21 Å². The Morgan fingerprint density at radius 3 is 1.94 bits per heavy atom. The monoisotopic (exact) mass is 485 g/mol. The van der Waals surface area contributed by atoms with Crippen LogP contribution in [0.15, 0.2) is 121 Å². The molecule has 0 saturated heterocycles. The molecule has 0 amide bonds. The zero-order valence-electron chi connectivity index (χ0n) is 17.8. The van der Waals surface area contributed by atoms with E-state index in [0.717, 1.165) is 6.42 Å². The topological polar surface area (TPSA) is 0 Å². The maximum atomic E-state index is 2.37. The van der Waals surface area contributed by atoms with Crippen LogP contribution in [0.4, 0.5) is 0 Å². The van der Waals surface area contributed by atoms with Gasteiger partial charge in [-0.3, -0.25) is 0 Å². The fourth-order valence-electron chi connectivity index (χ4n) is 5.02. The second kappa shape index (κ2) is 8.57. The van der Waals surface area contributed by atoms with E-state index in [-0.39, 0.29) is 0 Å². The molecule has 0 spiro atoms. The Kier molecular flexibility index (Phi) is 5.29. The van der Waals surface area contributed by atoms with Crippen LogP contribution in [0.3, 0.4) is 0 Å². The summed E-state index contributed by atoms with van der Waals surface area (Å²) in [6.45, 7) is 0. The summed E-state index contributed by atoms with van der Waals surface area (Å²) in [5.41, 5.74) is 11.7. The van der Waals surface area contributed by atoms with Crippen LogP contribution < -0.4 is 0 Å². The number of hydrogen-bond acceptors (Lipinski definition) is 0. The van der Waals surface area contributed by atoms with E-state index in [9.17, 15) is 0 Å². The summed E-state index contributed by atoms with van der Waals surface area (Å²) in [6.07, 6.45) is 7.83. The zero-order chi connectivity index (χ0) is 21.3. The van der Waals surface area contributed by atoms with Gasteiger partial charge in [0, 0.05) is 0 Å². The molecule has 0 fully saturated rings. The first-order valence-electron chi connectivity index (χ1n) is 11.2. The Labute approximate surface area is 201 Å². The predicted molar refractivity (Wildman–Crippen MR) is 132 cm³/mol. The molecule has 0 heterocycles. The van der Waals surface area contributed by atoms with Crippen LogP contribution in [0, 0.1) is 0 Å². The van der Waals surface area contributed by atoms with Gasteiger partial charge >= 0.3 is 202 Å². The first-order valence-corrected chi connectivity index (χ1v) is 13.9. The van der Waals surface area contributed by atoms with Crippen molar-refractivity contribution >= 4 is 8.78 Å². The molecule has 2 aliphatic carbocycles. The maximum absolute atomic E-state index is 2.37. The van der Waals surface area contributed by atoms with Crippen molar-refractivity contribution in [1.82, 2.24) is 0 Å². The molecule has 1 unspecified atom stereocenters. The second-order valence-corrected chi connectivity index (χ2v) is 11.7. The van der Waals surface area contributed by atoms with Crippen LogP contribution in [-0.2, 0) is 22.8 Å². The van der Waals surface area contributed by atoms with Crippen LogP contribution in [0.25, 0.3) is 16.7 Å². The summed E-state index contributed by atoms with van der Waals surface area (Å²) < 4.78 is 2.09. The summed E-state index contributed by atoms with van der Waals surface area (Å²) in [6, 6.07) is 38.2. The molecule has 0 nitrogen and oxygen atoms in total. The van der Waals surface area contributed by atoms with Gasteiger partial charge in [-0.25, -0.2) is 0 Å². The summed E-state index contributed by atoms with van der Waals surface area (Å²) in [4.78, 5) is 0. The molecule has 2 aliphatic rings. The Morgan fingerprint density at radius 2 is 1.25 bits per heavy atom. The molecule has 0 aliphatic heterocycles. The third kappa shape index (κ3) is 3.46. The van der Waals surface area contributed by atoms with Crippen molar-refractivity contribution in [2.75, 3.05) is 0 Å². The van der Waals surface area contributed by atoms with Crippen molar-refractivity contribution in [1.29, 1.82) is 0 Å². The SMILES string of the molecule is C1=CCC(c2cccc3c2[CH]([Zr]=[C](c2ccccc2)c2ccccc2)c2ccccc2-3)=C1. The van der Waals surface area contributed by atoms with Crippen LogP contribution in [0.1, 0.15) is 37.9 Å². The third-order valence-electron chi connectivity index (χ3n) is 6.49. The predicted octanol–water partition coefficient (Wildman–Crippen LogP) is 7.45. The van der Waals surface area contributed by atoms with Gasteiger partial charge in [-0.15, -0.1) is 0 Å². The molecule has 1 atom stereocenters. The average Bonchev–Trinajstić information content (AvgIpc) is 3.51. The van der Waals surface area contributed by atoms with E-state index in [1.54, 1.807) is 8.77 Å². The van der Waals surface area contributed by atoms with E-state index < -0.39 is 22.8 Å². The van der Waals surface area contributed by atoms with Gasteiger partial charge in [-0.1, -0.05) is 0 Å². The van der Waals surface area contributed by atoms with E-state index >= 15 is 0 Å². The molecule has 0 aromatic heterocycles. The van der Waals surface area contributed by atoms with Crippen molar-refractivity contribution in [2.24, 2.45) is 0 Å². The number of hydrogen-bond donors (Lipinski definition) is 0. The van der Waals surface area contributed by atoms with Crippen LogP contribution >= 0.6 is 0 Å². The van der Waals surface area contributed by atoms with Crippen molar-refractivity contribution in [2.45, 2.75) is 10.0 Å². The van der Waals surface area contributed by atoms with E-state index in [2.05, 4.69) is 121 Å². The van der Waals surface area contributed by atoms with Gasteiger partial charge in [0.1, 0.15) is 0 Å². The zero-order valence-corrected chi connectivity index (χ0v) is 20.3. The molecule has 32 heavy (non-hydrogen) atoms. The van der Waals surface area contributed by atoms with Crippen molar-refractivity contribution < 1.29 is 22.8 Å². The number of benzene rings is 4. The molecule has 151 valence electrons. The Morgan fingerprint density at radius 1 is 0.625 bits per heavy atom. The first-order chi connectivity index (χ1) is 15.9. The summed E-state index contributed by atoms with van der Waals surface area (Å²) in [7, 11) is 0.